The molecule has 0 bridgehead atoms. The number of nitrogens with zero attached hydrogens (tertiary/aromatic N) is 2. The molecule has 14 nitrogen and oxygen atoms in total. The van der Waals surface area contributed by atoms with Crippen molar-refractivity contribution in [3.8, 4) is 0 Å². The fourth-order valence-electron chi connectivity index (χ4n) is 4.81. The van der Waals surface area contributed by atoms with Gasteiger partial charge >= 0.3 is 16.5 Å². The molecule has 5 atom stereocenters. The molecule has 1 aromatic rings. The summed E-state index contributed by atoms with van der Waals surface area (Å²) < 4.78 is 52.0. The summed E-state index contributed by atoms with van der Waals surface area (Å²) in [7, 11) is -4.67. The van der Waals surface area contributed by atoms with Crippen LogP contribution in [0, 0.1) is 6.92 Å². The lowest BCUT2D eigenvalue weighted by atomic mass is 9.96. The van der Waals surface area contributed by atoms with Crippen LogP contribution in [0.1, 0.15) is 52.5 Å². The zero-order valence-electron chi connectivity index (χ0n) is 19.6. The van der Waals surface area contributed by atoms with Gasteiger partial charge in [0.2, 0.25) is 0 Å². The molecule has 2 saturated heterocycles. The van der Waals surface area contributed by atoms with Crippen LogP contribution in [0.15, 0.2) is 11.1 Å². The van der Waals surface area contributed by atoms with Crippen molar-refractivity contribution >= 4 is 28.4 Å². The number of amides is 2. The molecule has 2 amide bonds. The minimum Gasteiger partial charge on any atom is -0.449 e. The predicted octanol–water partition coefficient (Wildman–Crippen LogP) is -0.306. The van der Waals surface area contributed by atoms with Gasteiger partial charge in [-0.3, -0.25) is 14.3 Å². The molecule has 6 N–H and O–H groups in total. The highest BCUT2D eigenvalue weighted by molar-refractivity contribution is 7.80. The van der Waals surface area contributed by atoms with E-state index in [1.807, 2.05) is 0 Å². The monoisotopic (exact) mass is 527 g/mol. The summed E-state index contributed by atoms with van der Waals surface area (Å²) in [5.74, 6) is -1.05. The van der Waals surface area contributed by atoms with Gasteiger partial charge in [-0.25, -0.2) is 8.98 Å². The van der Waals surface area contributed by atoms with Gasteiger partial charge in [-0.15, -0.1) is 0 Å². The van der Waals surface area contributed by atoms with Crippen molar-refractivity contribution in [3.63, 3.8) is 0 Å². The molecule has 1 aliphatic carbocycles. The second kappa shape index (κ2) is 10.6. The molecule has 1 aromatic heterocycles. The number of aliphatic imine (C=N–C) groups is 1. The highest BCUT2D eigenvalue weighted by Crippen LogP contribution is 2.32. The van der Waals surface area contributed by atoms with Gasteiger partial charge in [0.25, 0.3) is 5.91 Å². The third-order valence-corrected chi connectivity index (χ3v) is 6.88. The molecule has 1 unspecified atom stereocenters. The summed E-state index contributed by atoms with van der Waals surface area (Å²) >= 11 is 0. The third-order valence-electron chi connectivity index (χ3n) is 6.39. The first-order valence-electron chi connectivity index (χ1n) is 11.5. The lowest BCUT2D eigenvalue weighted by Gasteiger charge is -2.20. The molecule has 0 spiro atoms. The van der Waals surface area contributed by atoms with Crippen LogP contribution in [0.5, 0.6) is 0 Å². The number of hydrogen-bond donors (Lipinski definition) is 4. The Hall–Kier alpha value is -2.85. The predicted molar refractivity (Wildman–Crippen MR) is 124 cm³/mol. The maximum atomic E-state index is 12.5. The number of pyridine rings is 1. The van der Waals surface area contributed by atoms with Crippen LogP contribution in [0.4, 0.5) is 4.79 Å². The zero-order valence-corrected chi connectivity index (χ0v) is 20.4. The van der Waals surface area contributed by atoms with Crippen molar-refractivity contribution in [2.24, 2.45) is 16.5 Å². The van der Waals surface area contributed by atoms with Crippen molar-refractivity contribution in [2.45, 2.75) is 62.9 Å². The molecule has 3 aliphatic rings. The molecule has 0 aromatic carbocycles. The number of ether oxygens (including phenoxy) is 3. The van der Waals surface area contributed by atoms with Crippen molar-refractivity contribution < 1.29 is 41.0 Å². The number of alkyl carbamates (subject to hydrolysis) is 1. The summed E-state index contributed by atoms with van der Waals surface area (Å²) in [6.45, 7) is 1.72. The van der Waals surface area contributed by atoms with E-state index in [9.17, 15) is 18.0 Å². The van der Waals surface area contributed by atoms with Gasteiger partial charge in [0.1, 0.15) is 24.9 Å². The zero-order chi connectivity index (χ0) is 26.0. The Morgan fingerprint density at radius 3 is 2.72 bits per heavy atom. The number of nitrogens with one attached hydrogen (secondary N) is 1. The van der Waals surface area contributed by atoms with E-state index in [2.05, 4.69) is 19.5 Å². The number of rotatable bonds is 6. The van der Waals surface area contributed by atoms with Gasteiger partial charge in [0, 0.05) is 5.92 Å². The second-order valence-electron chi connectivity index (χ2n) is 8.96. The van der Waals surface area contributed by atoms with E-state index in [4.69, 9.17) is 30.2 Å². The van der Waals surface area contributed by atoms with E-state index < -0.39 is 46.8 Å². The number of carbonyl (C=O) groups is 2. The number of carbonyl (C=O) groups excluding carboxylic acids is 2. The standard InChI is InChI=1S/C21H29N5O9S/c1-10-13(19(27)26-20(22)23)6-11-4-2-3-5-12(16(11)24-10)7-34-21(28)25-14-8-32-18-15(9-33-17(14)18)35-36(29,30)31/h6,12,14-15,17-18H,2-5,7-9H2,1H3,(H,25,28)(H,29,30,31)(H4,22,23,26,27)/t12?,14-,15+,17+,18+/m0/s1. The average molecular weight is 528 g/mol. The molecule has 0 radical (unpaired) electrons. The molecule has 15 heteroatoms. The van der Waals surface area contributed by atoms with Gasteiger partial charge in [0.15, 0.2) is 5.96 Å². The maximum absolute atomic E-state index is 12.5. The molecular formula is C21H29N5O9S. The quantitative estimate of drug-likeness (QED) is 0.162. The molecule has 36 heavy (non-hydrogen) atoms. The van der Waals surface area contributed by atoms with Gasteiger partial charge in [-0.1, -0.05) is 6.42 Å². The first kappa shape index (κ1) is 26.2. The number of aromatic nitrogens is 1. The van der Waals surface area contributed by atoms with Crippen LogP contribution < -0.4 is 16.8 Å². The minimum absolute atomic E-state index is 0.0649. The summed E-state index contributed by atoms with van der Waals surface area (Å²) in [5, 5.41) is 2.68. The largest absolute Gasteiger partial charge is 0.449 e. The lowest BCUT2D eigenvalue weighted by Crippen LogP contribution is -2.45. The fourth-order valence-corrected chi connectivity index (χ4v) is 5.29. The summed E-state index contributed by atoms with van der Waals surface area (Å²) in [6.07, 6.45) is 0.169. The number of nitrogens with two attached hydrogens (primary N) is 2. The number of fused-ring (bicyclic) bond motifs is 2. The highest BCUT2D eigenvalue weighted by atomic mass is 32.3. The van der Waals surface area contributed by atoms with Gasteiger partial charge < -0.3 is 31.0 Å². The van der Waals surface area contributed by atoms with E-state index in [0.717, 1.165) is 36.9 Å². The van der Waals surface area contributed by atoms with Crippen LogP contribution in [0.2, 0.25) is 0 Å². The smallest absolute Gasteiger partial charge is 0.407 e. The third kappa shape index (κ3) is 6.10. The van der Waals surface area contributed by atoms with Crippen molar-refractivity contribution in [1.29, 1.82) is 0 Å². The molecule has 198 valence electrons. The van der Waals surface area contributed by atoms with E-state index in [-0.39, 0.29) is 31.7 Å². The number of aryl methyl sites for hydroxylation is 2. The SMILES string of the molecule is Cc1nc2c(cc1C(=O)N=C(N)N)CCCCC2COC(=O)N[C@H]1CO[C@H]2[C@@H]1OC[C@H]2OS(=O)(=O)O. The van der Waals surface area contributed by atoms with Crippen LogP contribution >= 0.6 is 0 Å². The summed E-state index contributed by atoms with van der Waals surface area (Å²) in [6, 6.07) is 1.17. The van der Waals surface area contributed by atoms with Gasteiger partial charge in [0.05, 0.1) is 36.2 Å². The minimum atomic E-state index is -4.67. The topological polar surface area (TPSA) is 215 Å². The van der Waals surface area contributed by atoms with Crippen molar-refractivity contribution in [2.75, 3.05) is 19.8 Å². The Kier molecular flexibility index (Phi) is 7.75. The molecule has 3 heterocycles. The Morgan fingerprint density at radius 2 is 2.00 bits per heavy atom. The van der Waals surface area contributed by atoms with E-state index in [1.165, 1.54) is 0 Å². The summed E-state index contributed by atoms with van der Waals surface area (Å²) in [4.78, 5) is 33.1. The van der Waals surface area contributed by atoms with E-state index in [0.29, 0.717) is 11.3 Å². The first-order valence-corrected chi connectivity index (χ1v) is 12.8. The fraction of sp³-hybridized carbons (Fsp3) is 0.619. The van der Waals surface area contributed by atoms with Crippen LogP contribution in [-0.4, -0.2) is 80.1 Å². The number of hydrogen-bond acceptors (Lipinski definition) is 9. The Balaban J connectivity index is 1.37. The van der Waals surface area contributed by atoms with Crippen molar-refractivity contribution in [1.82, 2.24) is 10.3 Å². The van der Waals surface area contributed by atoms with Gasteiger partial charge in [-0.2, -0.15) is 13.4 Å². The second-order valence-corrected chi connectivity index (χ2v) is 10.0. The van der Waals surface area contributed by atoms with Crippen LogP contribution in [0.25, 0.3) is 0 Å². The molecule has 0 saturated carbocycles. The van der Waals surface area contributed by atoms with E-state index >= 15 is 0 Å². The van der Waals surface area contributed by atoms with Crippen LogP contribution in [-0.2, 0) is 35.2 Å². The van der Waals surface area contributed by atoms with Crippen molar-refractivity contribution in [3.05, 3.63) is 28.6 Å². The molecule has 2 fully saturated rings. The molecular weight excluding hydrogens is 498 g/mol. The molecule has 4 rings (SSSR count). The van der Waals surface area contributed by atoms with E-state index in [1.54, 1.807) is 13.0 Å². The molecule has 2 aliphatic heterocycles. The van der Waals surface area contributed by atoms with Crippen LogP contribution in [0.3, 0.4) is 0 Å². The number of guanidine groups is 1. The Morgan fingerprint density at radius 1 is 1.25 bits per heavy atom. The maximum Gasteiger partial charge on any atom is 0.407 e. The first-order chi connectivity index (χ1) is 17.0. The average Bonchev–Trinajstić information content (AvgIpc) is 3.29. The van der Waals surface area contributed by atoms with Gasteiger partial charge in [-0.05, 0) is 37.8 Å². The summed E-state index contributed by atoms with van der Waals surface area (Å²) in [5.41, 5.74) is 13.1. The lowest BCUT2D eigenvalue weighted by molar-refractivity contribution is 0.0280. The Bertz CT molecular complexity index is 1150. The Labute approximate surface area is 207 Å². The normalized spacial score (nSPS) is 27.4. The highest BCUT2D eigenvalue weighted by Gasteiger charge is 2.50.